The van der Waals surface area contributed by atoms with E-state index in [0.29, 0.717) is 41.9 Å². The highest BCUT2D eigenvalue weighted by molar-refractivity contribution is 5.93. The number of phenolic OH excluding ortho intramolecular Hbond substituents is 1. The first-order valence-corrected chi connectivity index (χ1v) is 11.7. The molecule has 4 aromatic rings. The van der Waals surface area contributed by atoms with Gasteiger partial charge in [-0.25, -0.2) is 0 Å². The van der Waals surface area contributed by atoms with Gasteiger partial charge in [-0.1, -0.05) is 0 Å². The molecular formula is C27H29NO8. The lowest BCUT2D eigenvalue weighted by atomic mass is 10.0. The molecule has 0 bridgehead atoms. The van der Waals surface area contributed by atoms with Crippen LogP contribution >= 0.6 is 0 Å². The van der Waals surface area contributed by atoms with Gasteiger partial charge in [-0.05, 0) is 35.9 Å². The molecule has 9 nitrogen and oxygen atoms in total. The molecule has 0 fully saturated rings. The van der Waals surface area contributed by atoms with Gasteiger partial charge in [-0.3, -0.25) is 4.79 Å². The summed E-state index contributed by atoms with van der Waals surface area (Å²) in [6, 6.07) is 9.63. The largest absolute Gasteiger partial charge is 0.508 e. The summed E-state index contributed by atoms with van der Waals surface area (Å²) in [6.07, 6.45) is 4.74. The van der Waals surface area contributed by atoms with Crippen molar-refractivity contribution in [2.45, 2.75) is 19.3 Å². The van der Waals surface area contributed by atoms with Gasteiger partial charge in [0.15, 0.2) is 16.9 Å². The molecule has 4 N–H and O–H groups in total. The molecule has 0 atom stereocenters. The summed E-state index contributed by atoms with van der Waals surface area (Å²) in [7, 11) is 1.46. The Labute approximate surface area is 207 Å². The predicted molar refractivity (Wildman–Crippen MR) is 134 cm³/mol. The number of nitrogens with one attached hydrogen (secondary N) is 1. The number of aliphatic hydroxyl groups excluding tert-OH is 2. The lowest BCUT2D eigenvalue weighted by Crippen LogP contribution is -2.12. The van der Waals surface area contributed by atoms with Crippen LogP contribution in [-0.4, -0.2) is 53.8 Å². The van der Waals surface area contributed by atoms with Crippen LogP contribution in [0.2, 0.25) is 0 Å². The second-order valence-corrected chi connectivity index (χ2v) is 8.14. The fraction of sp³-hybridized carbons (Fsp3) is 0.296. The fourth-order valence-corrected chi connectivity index (χ4v) is 3.93. The number of ether oxygens (including phenoxy) is 3. The van der Waals surface area contributed by atoms with E-state index in [-0.39, 0.29) is 60.1 Å². The monoisotopic (exact) mass is 495 g/mol. The van der Waals surface area contributed by atoms with Gasteiger partial charge in [0.2, 0.25) is 5.75 Å². The number of methoxy groups -OCH3 is 1. The second kappa shape index (κ2) is 11.7. The maximum absolute atomic E-state index is 13.5. The van der Waals surface area contributed by atoms with Crippen LogP contribution in [0.25, 0.3) is 22.3 Å². The van der Waals surface area contributed by atoms with Gasteiger partial charge in [0.1, 0.15) is 22.5 Å². The molecule has 0 aliphatic rings. The Balaban J connectivity index is 2.02. The van der Waals surface area contributed by atoms with Crippen molar-refractivity contribution in [1.29, 1.82) is 0 Å². The second-order valence-electron chi connectivity index (χ2n) is 8.14. The molecule has 0 spiro atoms. The van der Waals surface area contributed by atoms with E-state index >= 15 is 0 Å². The van der Waals surface area contributed by atoms with E-state index in [0.717, 1.165) is 5.56 Å². The molecular weight excluding hydrogens is 466 g/mol. The Bertz CT molecular complexity index is 1340. The van der Waals surface area contributed by atoms with E-state index in [1.165, 1.54) is 25.3 Å². The minimum Gasteiger partial charge on any atom is -0.508 e. The molecule has 190 valence electrons. The van der Waals surface area contributed by atoms with Crippen LogP contribution in [-0.2, 0) is 6.42 Å². The number of aromatic amines is 1. The first-order valence-electron chi connectivity index (χ1n) is 11.7. The third-order valence-electron chi connectivity index (χ3n) is 5.63. The number of H-pyrrole nitrogens is 1. The van der Waals surface area contributed by atoms with Crippen molar-refractivity contribution in [3.8, 4) is 34.3 Å². The summed E-state index contributed by atoms with van der Waals surface area (Å²) in [4.78, 5) is 16.5. The summed E-state index contributed by atoms with van der Waals surface area (Å²) >= 11 is 0. The minimum absolute atomic E-state index is 0.0526. The highest BCUT2D eigenvalue weighted by atomic mass is 16.5. The normalized spacial score (nSPS) is 11.1. The molecule has 0 saturated heterocycles. The fourth-order valence-electron chi connectivity index (χ4n) is 3.93. The first kappa shape index (κ1) is 25.2. The van der Waals surface area contributed by atoms with Gasteiger partial charge in [0, 0.05) is 62.1 Å². The summed E-state index contributed by atoms with van der Waals surface area (Å²) in [5.74, 6) is 1.18. The standard InChI is InChI=1S/C27H29NO8/c1-33-27-25(34-12-2-10-29)20(14-17-8-9-28-16-17)24-23(26(27)35-13-3-11-30)21(32)15-22(36-24)18-4-6-19(31)7-5-18/h4-9,15-16,28-31H,2-3,10-14H2,1H3. The molecule has 36 heavy (non-hydrogen) atoms. The van der Waals surface area contributed by atoms with Crippen molar-refractivity contribution in [3.63, 3.8) is 0 Å². The van der Waals surface area contributed by atoms with Crippen molar-refractivity contribution < 1.29 is 33.9 Å². The van der Waals surface area contributed by atoms with Crippen LogP contribution < -0.4 is 19.6 Å². The maximum Gasteiger partial charge on any atom is 0.204 e. The Hall–Kier alpha value is -3.95. The SMILES string of the molecule is COc1c(OCCCO)c(Cc2cc[nH]c2)c2oc(-c3ccc(O)cc3)cc(=O)c2c1OCCCO. The zero-order valence-corrected chi connectivity index (χ0v) is 20.0. The highest BCUT2D eigenvalue weighted by Crippen LogP contribution is 2.47. The first-order chi connectivity index (χ1) is 17.6. The van der Waals surface area contributed by atoms with E-state index in [2.05, 4.69) is 4.98 Å². The van der Waals surface area contributed by atoms with Crippen LogP contribution in [0.3, 0.4) is 0 Å². The lowest BCUT2D eigenvalue weighted by Gasteiger charge is -2.21. The van der Waals surface area contributed by atoms with Gasteiger partial charge in [-0.15, -0.1) is 0 Å². The van der Waals surface area contributed by atoms with E-state index in [9.17, 15) is 20.1 Å². The Morgan fingerprint density at radius 3 is 2.25 bits per heavy atom. The quantitative estimate of drug-likeness (QED) is 0.219. The molecule has 0 unspecified atom stereocenters. The molecule has 0 radical (unpaired) electrons. The van der Waals surface area contributed by atoms with Gasteiger partial charge in [0.05, 0.1) is 20.3 Å². The predicted octanol–water partition coefficient (Wildman–Crippen LogP) is 3.62. The molecule has 0 amide bonds. The van der Waals surface area contributed by atoms with Crippen molar-refractivity contribution in [2.75, 3.05) is 33.5 Å². The topological polar surface area (TPSA) is 134 Å². The zero-order chi connectivity index (χ0) is 25.5. The van der Waals surface area contributed by atoms with Gasteiger partial charge in [-0.2, -0.15) is 0 Å². The van der Waals surface area contributed by atoms with Crippen LogP contribution in [0.4, 0.5) is 0 Å². The smallest absolute Gasteiger partial charge is 0.204 e. The van der Waals surface area contributed by atoms with E-state index in [4.69, 9.17) is 18.6 Å². The number of hydrogen-bond donors (Lipinski definition) is 4. The minimum atomic E-state index is -0.339. The van der Waals surface area contributed by atoms with Crippen LogP contribution in [0.1, 0.15) is 24.0 Å². The molecule has 2 aromatic heterocycles. The number of rotatable bonds is 12. The van der Waals surface area contributed by atoms with Crippen molar-refractivity contribution in [3.05, 3.63) is 70.1 Å². The Kier molecular flexibility index (Phi) is 8.14. The average Bonchev–Trinajstić information content (AvgIpc) is 3.39. The number of fused-ring (bicyclic) bond motifs is 1. The van der Waals surface area contributed by atoms with Gasteiger partial charge < -0.3 is 38.9 Å². The van der Waals surface area contributed by atoms with E-state index in [1.807, 2.05) is 12.3 Å². The number of benzene rings is 2. The molecule has 2 heterocycles. The molecule has 0 aliphatic carbocycles. The van der Waals surface area contributed by atoms with Crippen LogP contribution in [0, 0.1) is 0 Å². The summed E-state index contributed by atoms with van der Waals surface area (Å²) < 4.78 is 24.1. The summed E-state index contributed by atoms with van der Waals surface area (Å²) in [5.41, 5.74) is 2.07. The maximum atomic E-state index is 13.5. The van der Waals surface area contributed by atoms with Crippen molar-refractivity contribution in [1.82, 2.24) is 4.98 Å². The number of aromatic hydroxyl groups is 1. The van der Waals surface area contributed by atoms with Crippen molar-refractivity contribution >= 4 is 11.0 Å². The molecule has 4 rings (SSSR count). The average molecular weight is 496 g/mol. The third kappa shape index (κ3) is 5.32. The Morgan fingerprint density at radius 2 is 1.64 bits per heavy atom. The van der Waals surface area contributed by atoms with E-state index < -0.39 is 0 Å². The number of aliphatic hydroxyl groups is 2. The molecule has 0 saturated carbocycles. The molecule has 2 aromatic carbocycles. The summed E-state index contributed by atoms with van der Waals surface area (Å²) in [6.45, 7) is 0.221. The van der Waals surface area contributed by atoms with Gasteiger partial charge in [0.25, 0.3) is 0 Å². The van der Waals surface area contributed by atoms with Crippen LogP contribution in [0.15, 0.2) is 58.0 Å². The number of hydrogen-bond acceptors (Lipinski definition) is 8. The van der Waals surface area contributed by atoms with E-state index in [1.54, 1.807) is 18.3 Å². The molecule has 0 aliphatic heterocycles. The zero-order valence-electron chi connectivity index (χ0n) is 20.0. The number of phenols is 1. The van der Waals surface area contributed by atoms with Crippen LogP contribution in [0.5, 0.6) is 23.0 Å². The Morgan fingerprint density at radius 1 is 0.944 bits per heavy atom. The highest BCUT2D eigenvalue weighted by Gasteiger charge is 2.27. The lowest BCUT2D eigenvalue weighted by molar-refractivity contribution is 0.217. The summed E-state index contributed by atoms with van der Waals surface area (Å²) in [5, 5.41) is 28.4. The number of aromatic nitrogens is 1. The molecule has 9 heteroatoms. The third-order valence-corrected chi connectivity index (χ3v) is 5.63. The van der Waals surface area contributed by atoms with Gasteiger partial charge >= 0.3 is 0 Å². The van der Waals surface area contributed by atoms with Crippen molar-refractivity contribution in [2.24, 2.45) is 0 Å².